The first-order chi connectivity index (χ1) is 7.95. The van der Waals surface area contributed by atoms with Crippen molar-refractivity contribution in [3.8, 4) is 6.01 Å². The molecule has 0 aromatic carbocycles. The van der Waals surface area contributed by atoms with Gasteiger partial charge in [-0.15, -0.1) is 0 Å². The van der Waals surface area contributed by atoms with Gasteiger partial charge in [-0.05, 0) is 12.3 Å². The second kappa shape index (κ2) is 5.82. The third-order valence-corrected chi connectivity index (χ3v) is 2.56. The molecule has 17 heavy (non-hydrogen) atoms. The lowest BCUT2D eigenvalue weighted by molar-refractivity contribution is -0.139. The van der Waals surface area contributed by atoms with Gasteiger partial charge in [0.15, 0.2) is 0 Å². The fraction of sp³-hybridized carbons (Fsp3) is 0.545. The van der Waals surface area contributed by atoms with E-state index in [1.165, 1.54) is 13.3 Å². The van der Waals surface area contributed by atoms with Crippen molar-refractivity contribution in [3.63, 3.8) is 0 Å². The Kier molecular flexibility index (Phi) is 4.69. The molecule has 0 amide bonds. The average molecular weight is 259 g/mol. The van der Waals surface area contributed by atoms with Crippen molar-refractivity contribution in [2.24, 2.45) is 5.92 Å². The number of hydrogen-bond donors (Lipinski definition) is 1. The number of carbonyl (C=O) groups is 1. The molecule has 6 heteroatoms. The number of carboxylic acids is 1. The van der Waals surface area contributed by atoms with Crippen LogP contribution in [0.25, 0.3) is 0 Å². The molecule has 0 aliphatic carbocycles. The maximum absolute atomic E-state index is 11.2. The number of nitrogens with zero attached hydrogens (tertiary/aromatic N) is 2. The summed E-state index contributed by atoms with van der Waals surface area (Å²) in [6, 6.07) is 0.124. The van der Waals surface area contributed by atoms with Crippen molar-refractivity contribution in [2.45, 2.75) is 26.2 Å². The molecular weight excluding hydrogens is 244 g/mol. The van der Waals surface area contributed by atoms with Crippen molar-refractivity contribution in [3.05, 3.63) is 16.9 Å². The molecule has 0 radical (unpaired) electrons. The number of halogens is 1. The smallest absolute Gasteiger partial charge is 0.316 e. The van der Waals surface area contributed by atoms with Crippen LogP contribution in [0.3, 0.4) is 0 Å². The van der Waals surface area contributed by atoms with Crippen LogP contribution in [-0.4, -0.2) is 28.2 Å². The Morgan fingerprint density at radius 3 is 2.71 bits per heavy atom. The SMILES string of the molecule is COc1ncc(Cl)c(C(CC(C)C)C(=O)O)n1. The summed E-state index contributed by atoms with van der Waals surface area (Å²) < 4.78 is 4.87. The monoisotopic (exact) mass is 258 g/mol. The molecular formula is C11H15ClN2O3. The highest BCUT2D eigenvalue weighted by molar-refractivity contribution is 6.31. The van der Waals surface area contributed by atoms with E-state index in [9.17, 15) is 9.90 Å². The normalized spacial score (nSPS) is 12.5. The van der Waals surface area contributed by atoms with Gasteiger partial charge in [-0.1, -0.05) is 25.4 Å². The Balaban J connectivity index is 3.12. The number of carboxylic acid groups (broad SMARTS) is 1. The van der Waals surface area contributed by atoms with Crippen LogP contribution in [0.2, 0.25) is 5.02 Å². The van der Waals surface area contributed by atoms with Crippen LogP contribution in [0, 0.1) is 5.92 Å². The number of ether oxygens (including phenoxy) is 1. The maximum atomic E-state index is 11.2. The third kappa shape index (κ3) is 3.56. The molecule has 1 N–H and O–H groups in total. The van der Waals surface area contributed by atoms with Crippen LogP contribution < -0.4 is 4.74 Å². The van der Waals surface area contributed by atoms with E-state index >= 15 is 0 Å². The number of hydrogen-bond acceptors (Lipinski definition) is 4. The fourth-order valence-electron chi connectivity index (χ4n) is 1.51. The highest BCUT2D eigenvalue weighted by Crippen LogP contribution is 2.29. The molecule has 1 aromatic heterocycles. The largest absolute Gasteiger partial charge is 0.481 e. The van der Waals surface area contributed by atoms with E-state index in [0.717, 1.165) is 0 Å². The Bertz CT molecular complexity index is 410. The first kappa shape index (κ1) is 13.7. The summed E-state index contributed by atoms with van der Waals surface area (Å²) in [5, 5.41) is 9.45. The lowest BCUT2D eigenvalue weighted by Gasteiger charge is -2.15. The summed E-state index contributed by atoms with van der Waals surface area (Å²) in [5.41, 5.74) is 0.305. The third-order valence-electron chi connectivity index (χ3n) is 2.27. The Morgan fingerprint density at radius 1 is 1.59 bits per heavy atom. The van der Waals surface area contributed by atoms with E-state index in [4.69, 9.17) is 16.3 Å². The van der Waals surface area contributed by atoms with Crippen LogP contribution in [0.5, 0.6) is 6.01 Å². The van der Waals surface area contributed by atoms with Crippen LogP contribution in [0.4, 0.5) is 0 Å². The molecule has 0 aliphatic rings. The van der Waals surface area contributed by atoms with E-state index in [0.29, 0.717) is 12.1 Å². The molecule has 1 atom stereocenters. The molecule has 0 spiro atoms. The molecule has 1 rings (SSSR count). The lowest BCUT2D eigenvalue weighted by Crippen LogP contribution is -2.16. The summed E-state index contributed by atoms with van der Waals surface area (Å²) in [5.74, 6) is -1.45. The highest BCUT2D eigenvalue weighted by Gasteiger charge is 2.25. The van der Waals surface area contributed by atoms with Crippen molar-refractivity contribution < 1.29 is 14.6 Å². The van der Waals surface area contributed by atoms with Crippen LogP contribution in [-0.2, 0) is 4.79 Å². The summed E-state index contributed by atoms with van der Waals surface area (Å²) >= 11 is 5.93. The lowest BCUT2D eigenvalue weighted by atomic mass is 9.94. The Morgan fingerprint density at radius 2 is 2.24 bits per heavy atom. The van der Waals surface area contributed by atoms with Gasteiger partial charge < -0.3 is 9.84 Å². The second-order valence-electron chi connectivity index (χ2n) is 4.11. The van der Waals surface area contributed by atoms with Crippen molar-refractivity contribution in [1.82, 2.24) is 9.97 Å². The molecule has 5 nitrogen and oxygen atoms in total. The topological polar surface area (TPSA) is 72.3 Å². The van der Waals surface area contributed by atoms with Crippen molar-refractivity contribution >= 4 is 17.6 Å². The predicted molar refractivity (Wildman–Crippen MR) is 63.4 cm³/mol. The number of aromatic nitrogens is 2. The van der Waals surface area contributed by atoms with Crippen LogP contribution in [0.1, 0.15) is 31.9 Å². The number of methoxy groups -OCH3 is 1. The van der Waals surface area contributed by atoms with Crippen LogP contribution >= 0.6 is 11.6 Å². The molecule has 1 heterocycles. The first-order valence-electron chi connectivity index (χ1n) is 5.25. The molecule has 0 bridgehead atoms. The maximum Gasteiger partial charge on any atom is 0.316 e. The standard InChI is InChI=1S/C11H15ClN2O3/c1-6(2)4-7(10(15)16)9-8(12)5-13-11(14-9)17-3/h5-7H,4H2,1-3H3,(H,15,16). The molecule has 0 saturated carbocycles. The molecule has 1 unspecified atom stereocenters. The average Bonchev–Trinajstić information content (AvgIpc) is 2.26. The van der Waals surface area contributed by atoms with Gasteiger partial charge in [-0.25, -0.2) is 4.98 Å². The Hall–Kier alpha value is -1.36. The molecule has 0 fully saturated rings. The van der Waals surface area contributed by atoms with Gasteiger partial charge in [0.05, 0.1) is 24.0 Å². The summed E-state index contributed by atoms with van der Waals surface area (Å²) in [7, 11) is 1.42. The van der Waals surface area contributed by atoms with Gasteiger partial charge in [-0.2, -0.15) is 4.98 Å². The van der Waals surface area contributed by atoms with Crippen molar-refractivity contribution in [2.75, 3.05) is 7.11 Å². The van der Waals surface area contributed by atoms with E-state index < -0.39 is 11.9 Å². The highest BCUT2D eigenvalue weighted by atomic mass is 35.5. The number of rotatable bonds is 5. The van der Waals surface area contributed by atoms with E-state index in [1.54, 1.807) is 0 Å². The molecule has 0 aliphatic heterocycles. The van der Waals surface area contributed by atoms with E-state index in [1.807, 2.05) is 13.8 Å². The summed E-state index contributed by atoms with van der Waals surface area (Å²) in [4.78, 5) is 19.1. The molecule has 94 valence electrons. The van der Waals surface area contributed by atoms with Gasteiger partial charge in [0.1, 0.15) is 5.92 Å². The van der Waals surface area contributed by atoms with Gasteiger partial charge >= 0.3 is 12.0 Å². The quantitative estimate of drug-likeness (QED) is 0.878. The zero-order chi connectivity index (χ0) is 13.0. The van der Waals surface area contributed by atoms with Gasteiger partial charge in [0, 0.05) is 0 Å². The van der Waals surface area contributed by atoms with E-state index in [2.05, 4.69) is 9.97 Å². The molecule has 0 saturated heterocycles. The van der Waals surface area contributed by atoms with Gasteiger partial charge in [-0.3, -0.25) is 4.79 Å². The minimum absolute atomic E-state index is 0.124. The zero-order valence-corrected chi connectivity index (χ0v) is 10.7. The van der Waals surface area contributed by atoms with Crippen LogP contribution in [0.15, 0.2) is 6.20 Å². The zero-order valence-electron chi connectivity index (χ0n) is 9.98. The minimum Gasteiger partial charge on any atom is -0.481 e. The Labute approximate surface area is 105 Å². The predicted octanol–water partition coefficient (Wildman–Crippen LogP) is 2.35. The summed E-state index contributed by atoms with van der Waals surface area (Å²) in [6.45, 7) is 3.89. The number of aliphatic carboxylic acids is 1. The second-order valence-corrected chi connectivity index (χ2v) is 4.52. The first-order valence-corrected chi connectivity index (χ1v) is 5.62. The molecule has 1 aromatic rings. The van der Waals surface area contributed by atoms with E-state index in [-0.39, 0.29) is 17.0 Å². The van der Waals surface area contributed by atoms with Gasteiger partial charge in [0.2, 0.25) is 0 Å². The van der Waals surface area contributed by atoms with Crippen molar-refractivity contribution in [1.29, 1.82) is 0 Å². The minimum atomic E-state index is -0.943. The fourth-order valence-corrected chi connectivity index (χ4v) is 1.73. The van der Waals surface area contributed by atoms with Gasteiger partial charge in [0.25, 0.3) is 0 Å². The summed E-state index contributed by atoms with van der Waals surface area (Å²) in [6.07, 6.45) is 1.83.